The molecule has 0 N–H and O–H groups in total. The lowest BCUT2D eigenvalue weighted by Gasteiger charge is -2.70. The lowest BCUT2D eigenvalue weighted by Crippen LogP contribution is -2.70. The first-order chi connectivity index (χ1) is 17.2. The lowest BCUT2D eigenvalue weighted by molar-refractivity contribution is -0.337. The Labute approximate surface area is 205 Å². The number of nitriles is 1. The van der Waals surface area contributed by atoms with Crippen LogP contribution in [0.5, 0.6) is 0 Å². The van der Waals surface area contributed by atoms with Gasteiger partial charge < -0.3 is 4.74 Å². The third kappa shape index (κ3) is 3.14. The monoisotopic (exact) mass is 494 g/mol. The highest BCUT2D eigenvalue weighted by molar-refractivity contribution is 5.81. The number of hydrogen-bond acceptors (Lipinski definition) is 6. The van der Waals surface area contributed by atoms with Gasteiger partial charge in [-0.05, 0) is 57.9 Å². The molecule has 5 aliphatic rings. The molecule has 5 fully saturated rings. The van der Waals surface area contributed by atoms with Gasteiger partial charge in [-0.25, -0.2) is 15.0 Å². The van der Waals surface area contributed by atoms with E-state index in [1.54, 1.807) is 13.0 Å². The first kappa shape index (κ1) is 22.2. The fourth-order valence-electron chi connectivity index (χ4n) is 6.52. The highest BCUT2D eigenvalue weighted by atomic mass is 19.4. The van der Waals surface area contributed by atoms with Gasteiger partial charge in [-0.15, -0.1) is 0 Å². The summed E-state index contributed by atoms with van der Waals surface area (Å²) in [5, 5.41) is 14.6. The summed E-state index contributed by atoms with van der Waals surface area (Å²) >= 11 is 0. The molecule has 3 aromatic heterocycles. The first-order valence-electron chi connectivity index (χ1n) is 12.5. The number of pyridine rings is 1. The molecule has 1 aliphatic heterocycles. The SMILES string of the molecule is Cc1nc2nc(C3CCOC(c4cnn(C5CC5)c4)C3)nc(C34CC(C(F)(F)F)(C3)C4)c2cc1C#N. The molecule has 3 aromatic rings. The molecule has 36 heavy (non-hydrogen) atoms. The first-order valence-corrected chi connectivity index (χ1v) is 12.5. The number of fused-ring (bicyclic) bond motifs is 1. The van der Waals surface area contributed by atoms with Crippen LogP contribution in [0.3, 0.4) is 0 Å². The average molecular weight is 495 g/mol. The van der Waals surface area contributed by atoms with E-state index in [-0.39, 0.29) is 31.3 Å². The molecule has 4 saturated carbocycles. The van der Waals surface area contributed by atoms with E-state index in [9.17, 15) is 18.4 Å². The summed E-state index contributed by atoms with van der Waals surface area (Å²) in [5.74, 6) is 0.612. The smallest absolute Gasteiger partial charge is 0.373 e. The number of halogens is 3. The maximum atomic E-state index is 13.6. The third-order valence-corrected chi connectivity index (χ3v) is 8.71. The van der Waals surface area contributed by atoms with Crippen molar-refractivity contribution in [1.82, 2.24) is 24.7 Å². The van der Waals surface area contributed by atoms with Gasteiger partial charge in [0.05, 0.1) is 40.7 Å². The second-order valence-electron chi connectivity index (χ2n) is 11.2. The second kappa shape index (κ2) is 7.25. The number of rotatable bonds is 4. The van der Waals surface area contributed by atoms with Gasteiger partial charge in [0.15, 0.2) is 5.65 Å². The maximum absolute atomic E-state index is 13.6. The van der Waals surface area contributed by atoms with Gasteiger partial charge in [0.1, 0.15) is 11.9 Å². The highest BCUT2D eigenvalue weighted by Crippen LogP contribution is 2.78. The summed E-state index contributed by atoms with van der Waals surface area (Å²) in [6.07, 6.45) is 3.44. The largest absolute Gasteiger partial charge is 0.394 e. The molecule has 186 valence electrons. The Morgan fingerprint density at radius 1 is 1.14 bits per heavy atom. The van der Waals surface area contributed by atoms with Crippen molar-refractivity contribution in [2.75, 3.05) is 6.61 Å². The van der Waals surface area contributed by atoms with E-state index in [0.29, 0.717) is 52.9 Å². The number of aromatic nitrogens is 5. The molecular weight excluding hydrogens is 469 g/mol. The minimum atomic E-state index is -4.20. The van der Waals surface area contributed by atoms with Gasteiger partial charge in [0.25, 0.3) is 0 Å². The minimum absolute atomic E-state index is 0.00199. The van der Waals surface area contributed by atoms with Crippen LogP contribution in [0.4, 0.5) is 13.2 Å². The van der Waals surface area contributed by atoms with Gasteiger partial charge in [0.2, 0.25) is 0 Å². The normalized spacial score (nSPS) is 31.5. The Morgan fingerprint density at radius 2 is 1.92 bits per heavy atom. The lowest BCUT2D eigenvalue weighted by atomic mass is 9.33. The van der Waals surface area contributed by atoms with Crippen molar-refractivity contribution < 1.29 is 17.9 Å². The van der Waals surface area contributed by atoms with Crippen LogP contribution >= 0.6 is 0 Å². The highest BCUT2D eigenvalue weighted by Gasteiger charge is 2.79. The molecule has 4 aliphatic carbocycles. The van der Waals surface area contributed by atoms with E-state index in [0.717, 1.165) is 24.8 Å². The maximum Gasteiger partial charge on any atom is 0.394 e. The molecule has 0 aromatic carbocycles. The fraction of sp³-hybridized carbons (Fsp3) is 0.577. The molecule has 0 amide bonds. The molecule has 2 atom stereocenters. The van der Waals surface area contributed by atoms with Gasteiger partial charge >= 0.3 is 6.18 Å². The molecule has 8 rings (SSSR count). The Balaban J connectivity index is 1.25. The third-order valence-electron chi connectivity index (χ3n) is 8.71. The average Bonchev–Trinajstić information content (AvgIpc) is 3.52. The topological polar surface area (TPSA) is 89.5 Å². The Kier molecular flexibility index (Phi) is 4.46. The van der Waals surface area contributed by atoms with Crippen LogP contribution < -0.4 is 0 Å². The van der Waals surface area contributed by atoms with Crippen molar-refractivity contribution in [3.05, 3.63) is 46.8 Å². The van der Waals surface area contributed by atoms with E-state index in [4.69, 9.17) is 14.7 Å². The summed E-state index contributed by atoms with van der Waals surface area (Å²) in [6, 6.07) is 4.34. The predicted octanol–water partition coefficient (Wildman–Crippen LogP) is 5.36. The van der Waals surface area contributed by atoms with Crippen LogP contribution in [0.25, 0.3) is 11.0 Å². The van der Waals surface area contributed by atoms with Crippen LogP contribution in [0.15, 0.2) is 18.5 Å². The summed E-state index contributed by atoms with van der Waals surface area (Å²) < 4.78 is 48.9. The van der Waals surface area contributed by atoms with Crippen LogP contribution in [0.2, 0.25) is 0 Å². The summed E-state index contributed by atoms with van der Waals surface area (Å²) in [5.41, 5.74) is 0.867. The van der Waals surface area contributed by atoms with E-state index in [2.05, 4.69) is 22.3 Å². The van der Waals surface area contributed by atoms with E-state index < -0.39 is 17.0 Å². The standard InChI is InChI=1S/C26H25F3N6O/c1-14-16(8-30)6-19-21(24-11-25(12-24,13-24)26(27,28)29)33-22(34-23(19)32-14)15-4-5-36-20(7-15)17-9-31-35(10-17)18-2-3-18/h6,9-10,15,18,20H,2-5,7,11-13H2,1H3. The predicted molar refractivity (Wildman–Crippen MR) is 122 cm³/mol. The summed E-state index contributed by atoms with van der Waals surface area (Å²) in [6.45, 7) is 2.30. The van der Waals surface area contributed by atoms with E-state index >= 15 is 0 Å². The molecule has 7 nitrogen and oxygen atoms in total. The van der Waals surface area contributed by atoms with Crippen molar-refractivity contribution in [3.8, 4) is 6.07 Å². The molecule has 1 saturated heterocycles. The number of nitrogens with zero attached hydrogens (tertiary/aromatic N) is 6. The molecule has 2 unspecified atom stereocenters. The molecule has 0 spiro atoms. The van der Waals surface area contributed by atoms with Gasteiger partial charge in [-0.2, -0.15) is 23.5 Å². The van der Waals surface area contributed by atoms with Crippen LogP contribution in [0.1, 0.15) is 91.3 Å². The Hall–Kier alpha value is -3.06. The van der Waals surface area contributed by atoms with Crippen molar-refractivity contribution in [3.63, 3.8) is 0 Å². The van der Waals surface area contributed by atoms with E-state index in [1.165, 1.54) is 0 Å². The zero-order valence-electron chi connectivity index (χ0n) is 19.8. The number of aryl methyl sites for hydroxylation is 1. The van der Waals surface area contributed by atoms with Crippen LogP contribution in [-0.2, 0) is 10.2 Å². The number of ether oxygens (including phenoxy) is 1. The molecule has 2 bridgehead atoms. The van der Waals surface area contributed by atoms with Crippen molar-refractivity contribution in [1.29, 1.82) is 5.26 Å². The second-order valence-corrected chi connectivity index (χ2v) is 11.2. The minimum Gasteiger partial charge on any atom is -0.373 e. The zero-order chi connectivity index (χ0) is 24.9. The molecular formula is C26H25F3N6O. The number of alkyl halides is 3. The molecule has 0 radical (unpaired) electrons. The van der Waals surface area contributed by atoms with Crippen molar-refractivity contribution in [2.24, 2.45) is 5.41 Å². The van der Waals surface area contributed by atoms with Gasteiger partial charge in [-0.3, -0.25) is 4.68 Å². The van der Waals surface area contributed by atoms with Crippen LogP contribution in [-0.4, -0.2) is 37.5 Å². The Morgan fingerprint density at radius 3 is 2.61 bits per heavy atom. The van der Waals surface area contributed by atoms with Crippen molar-refractivity contribution in [2.45, 2.75) is 81.5 Å². The van der Waals surface area contributed by atoms with Crippen LogP contribution in [0, 0.1) is 23.7 Å². The zero-order valence-corrected chi connectivity index (χ0v) is 19.8. The molecule has 10 heteroatoms. The number of hydrogen-bond donors (Lipinski definition) is 0. The quantitative estimate of drug-likeness (QED) is 0.485. The molecule has 4 heterocycles. The van der Waals surface area contributed by atoms with Gasteiger partial charge in [-0.1, -0.05) is 0 Å². The Bertz CT molecular complexity index is 1420. The van der Waals surface area contributed by atoms with Crippen molar-refractivity contribution >= 4 is 11.0 Å². The summed E-state index contributed by atoms with van der Waals surface area (Å²) in [7, 11) is 0. The fourth-order valence-corrected chi connectivity index (χ4v) is 6.52. The summed E-state index contributed by atoms with van der Waals surface area (Å²) in [4.78, 5) is 14.3. The van der Waals surface area contributed by atoms with Gasteiger partial charge in [0, 0.05) is 35.1 Å². The van der Waals surface area contributed by atoms with E-state index in [1.807, 2.05) is 10.9 Å².